The van der Waals surface area contributed by atoms with Crippen molar-refractivity contribution in [3.05, 3.63) is 33.6 Å². The Morgan fingerprint density at radius 1 is 1.60 bits per heavy atom. The highest BCUT2D eigenvalue weighted by molar-refractivity contribution is 5.99. The number of carbonyl (C=O) groups excluding carboxylic acids is 1. The number of hydrogen-bond donors (Lipinski definition) is 3. The molecule has 0 heterocycles. The fraction of sp³-hybridized carbons (Fsp3) is 0.417. The van der Waals surface area contributed by atoms with Crippen molar-refractivity contribution in [3.63, 3.8) is 0 Å². The van der Waals surface area contributed by atoms with E-state index < -0.39 is 22.3 Å². The van der Waals surface area contributed by atoms with Crippen LogP contribution in [0.3, 0.4) is 0 Å². The van der Waals surface area contributed by atoms with Gasteiger partial charge in [-0.3, -0.25) is 20.8 Å². The Morgan fingerprint density at radius 2 is 2.25 bits per heavy atom. The number of nitrogens with two attached hydrogens (primary N) is 1. The molecule has 2 atom stereocenters. The third-order valence-electron chi connectivity index (χ3n) is 3.48. The highest BCUT2D eigenvalue weighted by Gasteiger charge is 2.33. The molecule has 4 N–H and O–H groups in total. The molecule has 0 spiro atoms. The molecule has 108 valence electrons. The first kappa shape index (κ1) is 14.2. The van der Waals surface area contributed by atoms with Crippen LogP contribution in [0.2, 0.25) is 0 Å². The number of hydrazine groups is 1. The van der Waals surface area contributed by atoms with Crippen molar-refractivity contribution in [2.45, 2.75) is 13.3 Å². The Bertz CT molecular complexity index is 564. The van der Waals surface area contributed by atoms with Crippen LogP contribution >= 0.6 is 0 Å². The molecule has 0 aliphatic heterocycles. The minimum Gasteiger partial charge on any atom is -0.352 e. The van der Waals surface area contributed by atoms with E-state index in [0.29, 0.717) is 24.4 Å². The molecule has 7 nitrogen and oxygen atoms in total. The van der Waals surface area contributed by atoms with Crippen LogP contribution in [0.1, 0.15) is 23.7 Å². The van der Waals surface area contributed by atoms with Gasteiger partial charge in [0.1, 0.15) is 5.56 Å². The van der Waals surface area contributed by atoms with E-state index in [-0.39, 0.29) is 11.3 Å². The molecular formula is C12H15FN4O3. The lowest BCUT2D eigenvalue weighted by molar-refractivity contribution is -0.385. The Hall–Kier alpha value is -2.22. The number of nitrogens with zero attached hydrogens (tertiary/aromatic N) is 1. The monoisotopic (exact) mass is 282 g/mol. The first-order chi connectivity index (χ1) is 9.43. The van der Waals surface area contributed by atoms with Crippen LogP contribution in [-0.2, 0) is 0 Å². The Labute approximate surface area is 114 Å². The van der Waals surface area contributed by atoms with Gasteiger partial charge in [0.05, 0.1) is 16.7 Å². The topological polar surface area (TPSA) is 110 Å². The molecule has 1 amide bonds. The third kappa shape index (κ3) is 2.85. The molecule has 1 saturated carbocycles. The van der Waals surface area contributed by atoms with Crippen LogP contribution in [0.4, 0.5) is 15.8 Å². The fourth-order valence-corrected chi connectivity index (χ4v) is 2.01. The van der Waals surface area contributed by atoms with Crippen molar-refractivity contribution in [3.8, 4) is 0 Å². The highest BCUT2D eigenvalue weighted by Crippen LogP contribution is 2.37. The highest BCUT2D eigenvalue weighted by atomic mass is 19.1. The second kappa shape index (κ2) is 5.41. The van der Waals surface area contributed by atoms with Crippen molar-refractivity contribution in [2.24, 2.45) is 17.7 Å². The molecule has 2 unspecified atom stereocenters. The number of hydrogen-bond acceptors (Lipinski definition) is 5. The number of anilines is 1. The maximum atomic E-state index is 13.5. The Kier molecular flexibility index (Phi) is 3.84. The van der Waals surface area contributed by atoms with Crippen LogP contribution in [0.25, 0.3) is 0 Å². The zero-order chi connectivity index (χ0) is 14.9. The average molecular weight is 282 g/mol. The van der Waals surface area contributed by atoms with Crippen LogP contribution in [0.15, 0.2) is 12.1 Å². The molecule has 1 aromatic rings. The number of nitrogens with one attached hydrogen (secondary N) is 2. The summed E-state index contributed by atoms with van der Waals surface area (Å²) in [7, 11) is 0. The first-order valence-corrected chi connectivity index (χ1v) is 6.16. The molecule has 0 aromatic heterocycles. The zero-order valence-corrected chi connectivity index (χ0v) is 10.9. The van der Waals surface area contributed by atoms with E-state index in [0.717, 1.165) is 12.5 Å². The van der Waals surface area contributed by atoms with Crippen molar-refractivity contribution in [2.75, 3.05) is 12.0 Å². The lowest BCUT2D eigenvalue weighted by atomic mass is 10.1. The van der Waals surface area contributed by atoms with Gasteiger partial charge < -0.3 is 10.7 Å². The number of amides is 1. The van der Waals surface area contributed by atoms with E-state index >= 15 is 0 Å². The minimum atomic E-state index is -0.883. The van der Waals surface area contributed by atoms with Gasteiger partial charge in [-0.25, -0.2) is 4.39 Å². The maximum Gasteiger partial charge on any atom is 0.285 e. The molecular weight excluding hydrogens is 267 g/mol. The predicted octanol–water partition coefficient (Wildman–Crippen LogP) is 1.41. The quantitative estimate of drug-likeness (QED) is 0.429. The van der Waals surface area contributed by atoms with Crippen molar-refractivity contribution >= 4 is 17.3 Å². The van der Waals surface area contributed by atoms with Gasteiger partial charge in [0, 0.05) is 6.54 Å². The number of nitro groups is 1. The molecule has 2 rings (SSSR count). The SMILES string of the molecule is CC1CC1CNC(=O)c1cc(NN)c(F)cc1[N+](=O)[O-]. The summed E-state index contributed by atoms with van der Waals surface area (Å²) in [5.74, 6) is 4.58. The summed E-state index contributed by atoms with van der Waals surface area (Å²) in [5, 5.41) is 13.5. The van der Waals surface area contributed by atoms with Gasteiger partial charge in [0.15, 0.2) is 5.82 Å². The molecule has 1 aliphatic rings. The number of nitrogen functional groups attached to an aromatic ring is 1. The zero-order valence-electron chi connectivity index (χ0n) is 10.9. The number of halogens is 1. The summed E-state index contributed by atoms with van der Waals surface area (Å²) < 4.78 is 13.5. The van der Waals surface area contributed by atoms with Crippen LogP contribution < -0.4 is 16.6 Å². The summed E-state index contributed by atoms with van der Waals surface area (Å²) in [6.45, 7) is 2.52. The first-order valence-electron chi connectivity index (χ1n) is 6.16. The van der Waals surface area contributed by atoms with Gasteiger partial charge in [-0.2, -0.15) is 0 Å². The van der Waals surface area contributed by atoms with Gasteiger partial charge in [-0.05, 0) is 24.3 Å². The van der Waals surface area contributed by atoms with Crippen LogP contribution in [0, 0.1) is 27.8 Å². The van der Waals surface area contributed by atoms with Gasteiger partial charge >= 0.3 is 0 Å². The molecule has 1 aliphatic carbocycles. The van der Waals surface area contributed by atoms with E-state index in [9.17, 15) is 19.3 Å². The average Bonchev–Trinajstić information content (AvgIpc) is 3.11. The standard InChI is InChI=1S/C12H15FN4O3/c1-6-2-7(6)5-15-12(18)8-3-10(16-14)9(13)4-11(8)17(19)20/h3-4,6-7,16H,2,5,14H2,1H3,(H,15,18). The van der Waals surface area contributed by atoms with Crippen LogP contribution in [0.5, 0.6) is 0 Å². The molecule has 8 heteroatoms. The number of rotatable bonds is 5. The number of benzene rings is 1. The van der Waals surface area contributed by atoms with Gasteiger partial charge in [0.25, 0.3) is 11.6 Å². The number of nitro benzene ring substituents is 1. The van der Waals surface area contributed by atoms with E-state index in [1.807, 2.05) is 0 Å². The van der Waals surface area contributed by atoms with E-state index in [2.05, 4.69) is 17.7 Å². The number of carbonyl (C=O) groups is 1. The van der Waals surface area contributed by atoms with Crippen molar-refractivity contribution in [1.82, 2.24) is 5.32 Å². The van der Waals surface area contributed by atoms with Gasteiger partial charge in [-0.15, -0.1) is 0 Å². The van der Waals surface area contributed by atoms with Gasteiger partial charge in [-0.1, -0.05) is 6.92 Å². The third-order valence-corrected chi connectivity index (χ3v) is 3.48. The van der Waals surface area contributed by atoms with E-state index in [1.54, 1.807) is 0 Å². The molecule has 20 heavy (non-hydrogen) atoms. The van der Waals surface area contributed by atoms with E-state index in [1.165, 1.54) is 0 Å². The molecule has 1 aromatic carbocycles. The molecule has 0 bridgehead atoms. The Balaban J connectivity index is 2.23. The fourth-order valence-electron chi connectivity index (χ4n) is 2.01. The molecule has 0 saturated heterocycles. The van der Waals surface area contributed by atoms with Crippen molar-refractivity contribution < 1.29 is 14.1 Å². The lowest BCUT2D eigenvalue weighted by Gasteiger charge is -2.08. The smallest absolute Gasteiger partial charge is 0.285 e. The molecule has 1 fully saturated rings. The second-order valence-corrected chi connectivity index (χ2v) is 4.93. The Morgan fingerprint density at radius 3 is 2.75 bits per heavy atom. The lowest BCUT2D eigenvalue weighted by Crippen LogP contribution is -2.27. The van der Waals surface area contributed by atoms with E-state index in [4.69, 9.17) is 5.84 Å². The minimum absolute atomic E-state index is 0.166. The predicted molar refractivity (Wildman–Crippen MR) is 70.5 cm³/mol. The second-order valence-electron chi connectivity index (χ2n) is 4.93. The van der Waals surface area contributed by atoms with Gasteiger partial charge in [0.2, 0.25) is 0 Å². The normalized spacial score (nSPS) is 20.4. The van der Waals surface area contributed by atoms with Crippen molar-refractivity contribution in [1.29, 1.82) is 0 Å². The summed E-state index contributed by atoms with van der Waals surface area (Å²) >= 11 is 0. The summed E-state index contributed by atoms with van der Waals surface area (Å²) in [4.78, 5) is 22.1. The summed E-state index contributed by atoms with van der Waals surface area (Å²) in [5.41, 5.74) is 1.11. The summed E-state index contributed by atoms with van der Waals surface area (Å²) in [6, 6.07) is 1.73. The largest absolute Gasteiger partial charge is 0.352 e. The summed E-state index contributed by atoms with van der Waals surface area (Å²) in [6.07, 6.45) is 1.03. The van der Waals surface area contributed by atoms with Crippen LogP contribution in [-0.4, -0.2) is 17.4 Å². The maximum absolute atomic E-state index is 13.5. The molecule has 0 radical (unpaired) electrons.